The van der Waals surface area contributed by atoms with Crippen LogP contribution in [0.5, 0.6) is 5.75 Å². The van der Waals surface area contributed by atoms with Crippen LogP contribution in [0.4, 0.5) is 22.7 Å². The third-order valence-electron chi connectivity index (χ3n) is 4.30. The summed E-state index contributed by atoms with van der Waals surface area (Å²) >= 11 is 0. The van der Waals surface area contributed by atoms with Gasteiger partial charge in [0.05, 0.1) is 22.7 Å². The Kier molecular flexibility index (Phi) is 4.75. The van der Waals surface area contributed by atoms with Gasteiger partial charge in [-0.1, -0.05) is 54.6 Å². The Morgan fingerprint density at radius 3 is 1.00 bits per heavy atom. The lowest BCUT2D eigenvalue weighted by molar-refractivity contribution is 0.475. The van der Waals surface area contributed by atoms with Crippen molar-refractivity contribution in [1.82, 2.24) is 0 Å². The molecule has 0 fully saturated rings. The first-order chi connectivity index (χ1) is 13.3. The summed E-state index contributed by atoms with van der Waals surface area (Å²) in [5.41, 5.74) is 4.06. The number of para-hydroxylation sites is 3. The van der Waals surface area contributed by atoms with Crippen LogP contribution in [0, 0.1) is 0 Å². The largest absolute Gasteiger partial charge is 0.508 e. The maximum atomic E-state index is 9.75. The van der Waals surface area contributed by atoms with Crippen molar-refractivity contribution in [1.29, 1.82) is 0 Å². The monoisotopic (exact) mass is 352 g/mol. The fraction of sp³-hybridized carbons (Fsp3) is 0. The summed E-state index contributed by atoms with van der Waals surface area (Å²) in [5.74, 6) is 0.248. The molecule has 0 aromatic heterocycles. The molecule has 0 spiro atoms. The first kappa shape index (κ1) is 16.7. The van der Waals surface area contributed by atoms with Crippen LogP contribution in [0.3, 0.4) is 0 Å². The van der Waals surface area contributed by atoms with Gasteiger partial charge in [-0.2, -0.15) is 0 Å². The van der Waals surface area contributed by atoms with Crippen LogP contribution in [0.25, 0.3) is 0 Å². The maximum Gasteiger partial charge on any atom is 0.115 e. The zero-order valence-electron chi connectivity index (χ0n) is 14.8. The lowest BCUT2D eigenvalue weighted by Crippen LogP contribution is -2.35. The van der Waals surface area contributed by atoms with Crippen molar-refractivity contribution in [3.8, 4) is 5.75 Å². The van der Waals surface area contributed by atoms with E-state index < -0.39 is 0 Å². The van der Waals surface area contributed by atoms with Gasteiger partial charge in [-0.15, -0.1) is 0 Å². The molecule has 0 bridgehead atoms. The molecule has 0 radical (unpaired) electrons. The van der Waals surface area contributed by atoms with Crippen molar-refractivity contribution < 1.29 is 5.11 Å². The Balaban J connectivity index is 1.93. The summed E-state index contributed by atoms with van der Waals surface area (Å²) in [6.07, 6.45) is 0. The molecule has 0 heterocycles. The number of rotatable bonds is 5. The maximum absolute atomic E-state index is 9.75. The smallest absolute Gasteiger partial charge is 0.115 e. The van der Waals surface area contributed by atoms with E-state index in [9.17, 15) is 5.11 Å². The summed E-state index contributed by atoms with van der Waals surface area (Å²) in [6.45, 7) is 0. The van der Waals surface area contributed by atoms with E-state index in [1.54, 1.807) is 12.1 Å². The average molecular weight is 352 g/mol. The number of anilines is 4. The van der Waals surface area contributed by atoms with Gasteiger partial charge in [0.1, 0.15) is 5.75 Å². The lowest BCUT2D eigenvalue weighted by atomic mass is 10.2. The predicted molar refractivity (Wildman–Crippen MR) is 112 cm³/mol. The highest BCUT2D eigenvalue weighted by Gasteiger charge is 2.20. The fourth-order valence-electron chi connectivity index (χ4n) is 3.06. The summed E-state index contributed by atoms with van der Waals surface area (Å²) in [6, 6.07) is 38.0. The number of hydrogen-bond acceptors (Lipinski definition) is 3. The van der Waals surface area contributed by atoms with Crippen molar-refractivity contribution >= 4 is 22.7 Å². The summed E-state index contributed by atoms with van der Waals surface area (Å²) < 4.78 is 0. The highest BCUT2D eigenvalue weighted by atomic mass is 16.3. The van der Waals surface area contributed by atoms with Gasteiger partial charge in [0.25, 0.3) is 0 Å². The van der Waals surface area contributed by atoms with Gasteiger partial charge in [0, 0.05) is 0 Å². The molecule has 3 heteroatoms. The number of phenolic OH excluding ortho intramolecular Hbond substituents is 1. The van der Waals surface area contributed by atoms with Gasteiger partial charge in [0.2, 0.25) is 0 Å². The average Bonchev–Trinajstić information content (AvgIpc) is 2.75. The van der Waals surface area contributed by atoms with Crippen LogP contribution in [-0.2, 0) is 0 Å². The standard InChI is InChI=1S/C24H20N2O/c27-24-18-16-23(17-19-24)26(22-14-8-3-9-15-22)25(20-10-4-1-5-11-20)21-12-6-2-7-13-21/h1-19,27H. The Morgan fingerprint density at radius 2 is 0.667 bits per heavy atom. The number of aromatic hydroxyl groups is 1. The van der Waals surface area contributed by atoms with Gasteiger partial charge in [-0.25, -0.2) is 10.0 Å². The Bertz CT molecular complexity index is 932. The SMILES string of the molecule is Oc1ccc(N(c2ccccc2)N(c2ccccc2)c2ccccc2)cc1. The molecule has 4 aromatic rings. The van der Waals surface area contributed by atoms with Crippen LogP contribution in [0.15, 0.2) is 115 Å². The molecule has 3 nitrogen and oxygen atoms in total. The number of benzene rings is 4. The minimum atomic E-state index is 0.248. The summed E-state index contributed by atoms with van der Waals surface area (Å²) in [4.78, 5) is 0. The lowest BCUT2D eigenvalue weighted by Gasteiger charge is -2.38. The molecule has 0 aliphatic carbocycles. The molecule has 132 valence electrons. The second kappa shape index (κ2) is 7.67. The first-order valence-corrected chi connectivity index (χ1v) is 8.87. The predicted octanol–water partition coefficient (Wildman–Crippen LogP) is 6.28. The number of nitrogens with zero attached hydrogens (tertiary/aromatic N) is 2. The second-order valence-electron chi connectivity index (χ2n) is 6.15. The van der Waals surface area contributed by atoms with Gasteiger partial charge in [-0.3, -0.25) is 0 Å². The minimum Gasteiger partial charge on any atom is -0.508 e. The van der Waals surface area contributed by atoms with E-state index in [0.717, 1.165) is 22.7 Å². The number of hydrazine groups is 1. The zero-order valence-corrected chi connectivity index (χ0v) is 14.8. The molecule has 1 N–H and O–H groups in total. The van der Waals surface area contributed by atoms with Crippen LogP contribution < -0.4 is 10.0 Å². The molecule has 0 amide bonds. The molecule has 27 heavy (non-hydrogen) atoms. The van der Waals surface area contributed by atoms with E-state index in [0.29, 0.717) is 0 Å². The quantitative estimate of drug-likeness (QED) is 0.428. The van der Waals surface area contributed by atoms with Crippen molar-refractivity contribution in [2.45, 2.75) is 0 Å². The van der Waals surface area contributed by atoms with Crippen LogP contribution in [0.1, 0.15) is 0 Å². The van der Waals surface area contributed by atoms with E-state index in [1.807, 2.05) is 66.7 Å². The van der Waals surface area contributed by atoms with Crippen LogP contribution in [0.2, 0.25) is 0 Å². The molecule has 0 aliphatic heterocycles. The minimum absolute atomic E-state index is 0.248. The molecule has 4 rings (SSSR count). The normalized spacial score (nSPS) is 10.4. The van der Waals surface area contributed by atoms with Crippen molar-refractivity contribution in [3.05, 3.63) is 115 Å². The van der Waals surface area contributed by atoms with Gasteiger partial charge in [0.15, 0.2) is 0 Å². The van der Waals surface area contributed by atoms with Gasteiger partial charge in [-0.05, 0) is 60.7 Å². The second-order valence-corrected chi connectivity index (χ2v) is 6.15. The first-order valence-electron chi connectivity index (χ1n) is 8.87. The third-order valence-corrected chi connectivity index (χ3v) is 4.30. The molecular weight excluding hydrogens is 332 g/mol. The topological polar surface area (TPSA) is 26.7 Å². The number of hydrogen-bond donors (Lipinski definition) is 1. The summed E-state index contributed by atoms with van der Waals surface area (Å²) in [5, 5.41) is 14.1. The van der Waals surface area contributed by atoms with Crippen molar-refractivity contribution in [2.24, 2.45) is 0 Å². The Labute approximate surface area is 159 Å². The number of phenols is 1. The van der Waals surface area contributed by atoms with E-state index in [-0.39, 0.29) is 5.75 Å². The van der Waals surface area contributed by atoms with Gasteiger partial charge < -0.3 is 5.11 Å². The molecule has 0 unspecified atom stereocenters. The fourth-order valence-corrected chi connectivity index (χ4v) is 3.06. The Morgan fingerprint density at radius 1 is 0.370 bits per heavy atom. The third kappa shape index (κ3) is 3.62. The van der Waals surface area contributed by atoms with E-state index in [1.165, 1.54) is 0 Å². The van der Waals surface area contributed by atoms with Crippen molar-refractivity contribution in [2.75, 3.05) is 10.0 Å². The highest BCUT2D eigenvalue weighted by molar-refractivity contribution is 5.77. The zero-order chi connectivity index (χ0) is 18.5. The molecular formula is C24H20N2O. The molecule has 0 saturated carbocycles. The van der Waals surface area contributed by atoms with Crippen LogP contribution >= 0.6 is 0 Å². The molecule has 0 saturated heterocycles. The molecule has 0 atom stereocenters. The summed E-state index contributed by atoms with van der Waals surface area (Å²) in [7, 11) is 0. The van der Waals surface area contributed by atoms with Gasteiger partial charge >= 0.3 is 0 Å². The molecule has 4 aromatic carbocycles. The Hall–Kier alpha value is -3.72. The molecule has 0 aliphatic rings. The van der Waals surface area contributed by atoms with Crippen LogP contribution in [-0.4, -0.2) is 5.11 Å². The van der Waals surface area contributed by atoms with E-state index >= 15 is 0 Å². The highest BCUT2D eigenvalue weighted by Crippen LogP contribution is 2.36. The van der Waals surface area contributed by atoms with E-state index in [4.69, 9.17) is 0 Å². The van der Waals surface area contributed by atoms with E-state index in [2.05, 4.69) is 46.4 Å². The van der Waals surface area contributed by atoms with Crippen molar-refractivity contribution in [3.63, 3.8) is 0 Å².